The van der Waals surface area contributed by atoms with E-state index in [1.54, 1.807) is 4.57 Å². The Balaban J connectivity index is 1.67. The van der Waals surface area contributed by atoms with Crippen LogP contribution in [0.5, 0.6) is 0 Å². The van der Waals surface area contributed by atoms with Gasteiger partial charge in [0, 0.05) is 18.3 Å². The van der Waals surface area contributed by atoms with Crippen molar-refractivity contribution in [2.24, 2.45) is 0 Å². The first-order valence-electron chi connectivity index (χ1n) is 10.1. The zero-order valence-electron chi connectivity index (χ0n) is 17.0. The molecular formula is C23H25N3O2S. The summed E-state index contributed by atoms with van der Waals surface area (Å²) < 4.78 is 1.71. The second-order valence-electron chi connectivity index (χ2n) is 7.52. The highest BCUT2D eigenvalue weighted by molar-refractivity contribution is 8.00. The number of carbonyl (C=O) groups excluding carboxylic acids is 1. The number of rotatable bonds is 5. The summed E-state index contributed by atoms with van der Waals surface area (Å²) in [5.74, 6) is 0.0536. The minimum absolute atomic E-state index is 0.0421. The summed E-state index contributed by atoms with van der Waals surface area (Å²) in [7, 11) is 0. The maximum Gasteiger partial charge on any atom is 0.262 e. The van der Waals surface area contributed by atoms with E-state index >= 15 is 0 Å². The number of fused-ring (bicyclic) bond motifs is 2. The van der Waals surface area contributed by atoms with Gasteiger partial charge < -0.3 is 4.90 Å². The number of carbonyl (C=O) groups is 1. The van der Waals surface area contributed by atoms with Crippen LogP contribution in [0.2, 0.25) is 0 Å². The normalized spacial score (nSPS) is 16.8. The van der Waals surface area contributed by atoms with Crippen molar-refractivity contribution in [2.75, 3.05) is 4.90 Å². The van der Waals surface area contributed by atoms with Crippen molar-refractivity contribution in [3.05, 3.63) is 64.4 Å². The Hall–Kier alpha value is -2.60. The topological polar surface area (TPSA) is 55.2 Å². The number of anilines is 1. The standard InChI is InChI=1S/C23H25N3O2S/c1-4-13-25-22(28)18-10-6-7-11-19(18)24-23(25)29-16(3)21(27)26-15(2)14-17-9-5-8-12-20(17)26/h5-12,15-16H,4,13-14H2,1-3H3/t15-,16+/m0/s1. The Morgan fingerprint density at radius 3 is 2.72 bits per heavy atom. The first-order chi connectivity index (χ1) is 14.0. The largest absolute Gasteiger partial charge is 0.308 e. The van der Waals surface area contributed by atoms with Gasteiger partial charge in [-0.3, -0.25) is 14.2 Å². The smallest absolute Gasteiger partial charge is 0.262 e. The van der Waals surface area contributed by atoms with Gasteiger partial charge in [0.25, 0.3) is 5.56 Å². The second-order valence-corrected chi connectivity index (χ2v) is 8.83. The molecule has 0 radical (unpaired) electrons. The van der Waals surface area contributed by atoms with Crippen molar-refractivity contribution in [3.63, 3.8) is 0 Å². The summed E-state index contributed by atoms with van der Waals surface area (Å²) >= 11 is 1.37. The van der Waals surface area contributed by atoms with Gasteiger partial charge in [-0.2, -0.15) is 0 Å². The summed E-state index contributed by atoms with van der Waals surface area (Å²) in [5, 5.41) is 0.877. The van der Waals surface area contributed by atoms with Crippen LogP contribution in [0.1, 0.15) is 32.8 Å². The number of amides is 1. The predicted molar refractivity (Wildman–Crippen MR) is 119 cm³/mol. The van der Waals surface area contributed by atoms with Gasteiger partial charge in [0.1, 0.15) is 0 Å². The maximum atomic E-state index is 13.3. The molecule has 0 unspecified atom stereocenters. The molecule has 29 heavy (non-hydrogen) atoms. The second kappa shape index (κ2) is 8.03. The van der Waals surface area contributed by atoms with Gasteiger partial charge in [-0.05, 0) is 50.5 Å². The highest BCUT2D eigenvalue weighted by Crippen LogP contribution is 2.34. The molecule has 0 bridgehead atoms. The van der Waals surface area contributed by atoms with E-state index in [0.29, 0.717) is 22.6 Å². The summed E-state index contributed by atoms with van der Waals surface area (Å²) in [4.78, 5) is 32.9. The first kappa shape index (κ1) is 19.7. The fraction of sp³-hybridized carbons (Fsp3) is 0.348. The van der Waals surface area contributed by atoms with Crippen LogP contribution in [0, 0.1) is 0 Å². The molecule has 6 heteroatoms. The molecule has 0 saturated heterocycles. The molecule has 5 nitrogen and oxygen atoms in total. The first-order valence-corrected chi connectivity index (χ1v) is 11.0. The lowest BCUT2D eigenvalue weighted by Crippen LogP contribution is -2.40. The lowest BCUT2D eigenvalue weighted by atomic mass is 10.1. The summed E-state index contributed by atoms with van der Waals surface area (Å²) in [6.07, 6.45) is 1.69. The Morgan fingerprint density at radius 1 is 1.21 bits per heavy atom. The van der Waals surface area contributed by atoms with Crippen LogP contribution in [0.4, 0.5) is 5.69 Å². The molecule has 0 saturated carbocycles. The van der Waals surface area contributed by atoms with Crippen LogP contribution < -0.4 is 10.5 Å². The molecule has 0 spiro atoms. The monoisotopic (exact) mass is 407 g/mol. The minimum atomic E-state index is -0.347. The molecule has 2 heterocycles. The van der Waals surface area contributed by atoms with E-state index in [1.165, 1.54) is 17.3 Å². The number of hydrogen-bond acceptors (Lipinski definition) is 4. The molecule has 1 aliphatic heterocycles. The number of para-hydroxylation sites is 2. The van der Waals surface area contributed by atoms with Crippen LogP contribution in [0.15, 0.2) is 58.5 Å². The number of nitrogens with zero attached hydrogens (tertiary/aromatic N) is 3. The molecule has 1 aromatic heterocycles. The Labute approximate surface area is 174 Å². The fourth-order valence-electron chi connectivity index (χ4n) is 3.96. The van der Waals surface area contributed by atoms with Crippen molar-refractivity contribution in [1.82, 2.24) is 9.55 Å². The Kier molecular flexibility index (Phi) is 5.46. The van der Waals surface area contributed by atoms with E-state index < -0.39 is 0 Å². The Bertz CT molecular complexity index is 1120. The van der Waals surface area contributed by atoms with Crippen LogP contribution in [0.3, 0.4) is 0 Å². The van der Waals surface area contributed by atoms with Gasteiger partial charge in [-0.1, -0.05) is 49.0 Å². The third kappa shape index (κ3) is 3.57. The van der Waals surface area contributed by atoms with Crippen LogP contribution >= 0.6 is 11.8 Å². The number of benzene rings is 2. The molecule has 1 amide bonds. The summed E-state index contributed by atoms with van der Waals surface area (Å²) in [6, 6.07) is 15.6. The molecular weight excluding hydrogens is 382 g/mol. The van der Waals surface area contributed by atoms with E-state index in [0.717, 1.165) is 18.5 Å². The van der Waals surface area contributed by atoms with Crippen molar-refractivity contribution in [2.45, 2.75) is 56.6 Å². The van der Waals surface area contributed by atoms with Gasteiger partial charge in [-0.25, -0.2) is 4.98 Å². The van der Waals surface area contributed by atoms with E-state index in [2.05, 4.69) is 13.0 Å². The van der Waals surface area contributed by atoms with Crippen molar-refractivity contribution < 1.29 is 4.79 Å². The number of hydrogen-bond donors (Lipinski definition) is 0. The molecule has 3 aromatic rings. The van der Waals surface area contributed by atoms with Crippen LogP contribution in [-0.2, 0) is 17.8 Å². The molecule has 4 rings (SSSR count). The summed E-state index contributed by atoms with van der Waals surface area (Å²) in [6.45, 7) is 6.60. The van der Waals surface area contributed by atoms with Crippen molar-refractivity contribution in [1.29, 1.82) is 0 Å². The van der Waals surface area contributed by atoms with Gasteiger partial charge in [0.2, 0.25) is 5.91 Å². The molecule has 150 valence electrons. The number of aromatic nitrogens is 2. The molecule has 0 aliphatic carbocycles. The Morgan fingerprint density at radius 2 is 1.93 bits per heavy atom. The van der Waals surface area contributed by atoms with Gasteiger partial charge in [0.05, 0.1) is 16.2 Å². The average Bonchev–Trinajstić information content (AvgIpc) is 3.06. The predicted octanol–water partition coefficient (Wildman–Crippen LogP) is 4.26. The average molecular weight is 408 g/mol. The molecule has 1 aliphatic rings. The minimum Gasteiger partial charge on any atom is -0.308 e. The van der Waals surface area contributed by atoms with E-state index in [-0.39, 0.29) is 22.8 Å². The van der Waals surface area contributed by atoms with Gasteiger partial charge in [-0.15, -0.1) is 0 Å². The van der Waals surface area contributed by atoms with Gasteiger partial charge in [0.15, 0.2) is 5.16 Å². The van der Waals surface area contributed by atoms with E-state index in [9.17, 15) is 9.59 Å². The highest BCUT2D eigenvalue weighted by atomic mass is 32.2. The molecule has 0 N–H and O–H groups in total. The summed E-state index contributed by atoms with van der Waals surface area (Å²) in [5.41, 5.74) is 2.83. The van der Waals surface area contributed by atoms with E-state index in [1.807, 2.05) is 61.2 Å². The van der Waals surface area contributed by atoms with E-state index in [4.69, 9.17) is 4.98 Å². The third-order valence-corrected chi connectivity index (χ3v) is 6.43. The maximum absolute atomic E-state index is 13.3. The number of thioether (sulfide) groups is 1. The fourth-order valence-corrected chi connectivity index (χ4v) is 4.95. The quantitative estimate of drug-likeness (QED) is 0.468. The van der Waals surface area contributed by atoms with Gasteiger partial charge >= 0.3 is 0 Å². The molecule has 2 atom stereocenters. The zero-order valence-corrected chi connectivity index (χ0v) is 17.8. The van der Waals surface area contributed by atoms with Crippen molar-refractivity contribution >= 4 is 34.3 Å². The molecule has 0 fully saturated rings. The van der Waals surface area contributed by atoms with Crippen LogP contribution in [-0.4, -0.2) is 26.8 Å². The van der Waals surface area contributed by atoms with Crippen molar-refractivity contribution in [3.8, 4) is 0 Å². The highest BCUT2D eigenvalue weighted by Gasteiger charge is 2.33. The SMILES string of the molecule is CCCn1c(S[C@H](C)C(=O)N2c3ccccc3C[C@@H]2C)nc2ccccc2c1=O. The molecule has 2 aromatic carbocycles. The zero-order chi connectivity index (χ0) is 20.5. The third-order valence-electron chi connectivity index (χ3n) is 5.35. The lowest BCUT2D eigenvalue weighted by Gasteiger charge is -2.26. The lowest BCUT2D eigenvalue weighted by molar-refractivity contribution is -0.118. The van der Waals surface area contributed by atoms with Crippen LogP contribution in [0.25, 0.3) is 10.9 Å².